The van der Waals surface area contributed by atoms with E-state index < -0.39 is 12.0 Å². The Balaban J connectivity index is 1.66. The number of carboxylic acids is 1. The Morgan fingerprint density at radius 1 is 1.38 bits per heavy atom. The zero-order valence-electron chi connectivity index (χ0n) is 11.4. The maximum atomic E-state index is 12.4. The van der Waals surface area contributed by atoms with E-state index in [1.807, 2.05) is 12.1 Å². The zero-order valence-corrected chi connectivity index (χ0v) is 12.3. The molecule has 0 spiro atoms. The number of aromatic nitrogens is 1. The summed E-state index contributed by atoms with van der Waals surface area (Å²) in [5.74, 6) is -0.00476. The first-order valence-corrected chi connectivity index (χ1v) is 8.01. The fourth-order valence-corrected chi connectivity index (χ4v) is 4.12. The number of carbonyl (C=O) groups excluding carboxylic acids is 1. The predicted octanol–water partition coefficient (Wildman–Crippen LogP) is 1.53. The van der Waals surface area contributed by atoms with Crippen molar-refractivity contribution in [1.29, 1.82) is 0 Å². The van der Waals surface area contributed by atoms with E-state index in [2.05, 4.69) is 10.3 Å². The molecule has 2 amide bonds. The Morgan fingerprint density at radius 2 is 2.10 bits per heavy atom. The molecule has 2 N–H and O–H groups in total. The van der Waals surface area contributed by atoms with Gasteiger partial charge in [0.05, 0.1) is 5.37 Å². The van der Waals surface area contributed by atoms with Crippen molar-refractivity contribution in [2.75, 3.05) is 5.75 Å². The minimum absolute atomic E-state index is 0.00328. The van der Waals surface area contributed by atoms with Crippen LogP contribution in [0.3, 0.4) is 0 Å². The normalized spacial score (nSPS) is 24.9. The molecule has 2 atom stereocenters. The molecule has 1 aliphatic carbocycles. The molecule has 2 aliphatic rings. The van der Waals surface area contributed by atoms with Gasteiger partial charge in [-0.05, 0) is 36.5 Å². The van der Waals surface area contributed by atoms with Gasteiger partial charge in [-0.25, -0.2) is 9.59 Å². The lowest BCUT2D eigenvalue weighted by atomic mass is 10.2. The highest BCUT2D eigenvalue weighted by molar-refractivity contribution is 8.00. The second kappa shape index (κ2) is 5.93. The van der Waals surface area contributed by atoms with E-state index in [0.29, 0.717) is 18.2 Å². The van der Waals surface area contributed by atoms with Crippen LogP contribution in [0.2, 0.25) is 0 Å². The fourth-order valence-electron chi connectivity index (χ4n) is 2.49. The van der Waals surface area contributed by atoms with Crippen molar-refractivity contribution >= 4 is 23.8 Å². The summed E-state index contributed by atoms with van der Waals surface area (Å²) in [5.41, 5.74) is 0.944. The quantitative estimate of drug-likeness (QED) is 0.881. The van der Waals surface area contributed by atoms with Crippen molar-refractivity contribution in [3.8, 4) is 0 Å². The number of urea groups is 1. The van der Waals surface area contributed by atoms with Crippen LogP contribution in [0.1, 0.15) is 18.4 Å². The molecule has 1 saturated heterocycles. The first-order chi connectivity index (χ1) is 10.2. The van der Waals surface area contributed by atoms with E-state index in [4.69, 9.17) is 0 Å². The molecular formula is C14H17N3O3S. The summed E-state index contributed by atoms with van der Waals surface area (Å²) in [5, 5.41) is 12.1. The molecule has 1 aromatic heterocycles. The highest BCUT2D eigenvalue weighted by Gasteiger charge is 2.48. The van der Waals surface area contributed by atoms with Crippen molar-refractivity contribution in [3.63, 3.8) is 0 Å². The molecule has 0 bridgehead atoms. The van der Waals surface area contributed by atoms with Crippen molar-refractivity contribution in [2.45, 2.75) is 30.8 Å². The molecule has 2 unspecified atom stereocenters. The van der Waals surface area contributed by atoms with Crippen LogP contribution in [0, 0.1) is 5.92 Å². The lowest BCUT2D eigenvalue weighted by Gasteiger charge is -2.27. The summed E-state index contributed by atoms with van der Waals surface area (Å²) in [6.45, 7) is 0.381. The van der Waals surface area contributed by atoms with Gasteiger partial charge in [-0.3, -0.25) is 9.88 Å². The standard InChI is InChI=1S/C14H17N3O3S/c18-13(19)11-8-21-12(10-1-2-10)17(11)14(20)16-7-9-3-5-15-6-4-9/h3-6,10-12H,1-2,7-8H2,(H,16,20)(H,18,19). The van der Waals surface area contributed by atoms with Gasteiger partial charge in [0.25, 0.3) is 0 Å². The van der Waals surface area contributed by atoms with Crippen LogP contribution < -0.4 is 5.32 Å². The van der Waals surface area contributed by atoms with Gasteiger partial charge in [0.1, 0.15) is 6.04 Å². The van der Waals surface area contributed by atoms with E-state index in [9.17, 15) is 14.7 Å². The number of thioether (sulfide) groups is 1. The smallest absolute Gasteiger partial charge is 0.327 e. The Kier molecular flexibility index (Phi) is 4.01. The SMILES string of the molecule is O=C(O)C1CSC(C2CC2)N1C(=O)NCc1ccncc1. The molecule has 0 radical (unpaired) electrons. The second-order valence-corrected chi connectivity index (χ2v) is 6.49. The average Bonchev–Trinajstić information content (AvgIpc) is 3.24. The summed E-state index contributed by atoms with van der Waals surface area (Å²) in [6, 6.07) is 2.64. The van der Waals surface area contributed by atoms with E-state index >= 15 is 0 Å². The molecule has 7 heteroatoms. The lowest BCUT2D eigenvalue weighted by molar-refractivity contribution is -0.141. The molecule has 1 aliphatic heterocycles. The van der Waals surface area contributed by atoms with Crippen LogP contribution in [-0.2, 0) is 11.3 Å². The molecule has 2 heterocycles. The van der Waals surface area contributed by atoms with Gasteiger partial charge in [-0.15, -0.1) is 11.8 Å². The monoisotopic (exact) mass is 307 g/mol. The van der Waals surface area contributed by atoms with E-state index in [1.165, 1.54) is 4.90 Å². The highest BCUT2D eigenvalue weighted by Crippen LogP contribution is 2.45. The topological polar surface area (TPSA) is 82.5 Å². The van der Waals surface area contributed by atoms with Gasteiger partial charge in [0.15, 0.2) is 0 Å². The van der Waals surface area contributed by atoms with Crippen molar-refractivity contribution < 1.29 is 14.7 Å². The Hall–Kier alpha value is -1.76. The molecule has 2 fully saturated rings. The summed E-state index contributed by atoms with van der Waals surface area (Å²) >= 11 is 1.58. The molecule has 6 nitrogen and oxygen atoms in total. The number of hydrogen-bond acceptors (Lipinski definition) is 4. The summed E-state index contributed by atoms with van der Waals surface area (Å²) in [7, 11) is 0. The molecule has 112 valence electrons. The van der Waals surface area contributed by atoms with Gasteiger partial charge >= 0.3 is 12.0 Å². The third kappa shape index (κ3) is 3.12. The number of aliphatic carboxylic acids is 1. The number of rotatable bonds is 4. The molecule has 1 aromatic rings. The summed E-state index contributed by atoms with van der Waals surface area (Å²) < 4.78 is 0. The van der Waals surface area contributed by atoms with E-state index in [1.54, 1.807) is 24.2 Å². The minimum Gasteiger partial charge on any atom is -0.480 e. The number of amides is 2. The third-order valence-corrected chi connectivity index (χ3v) is 5.23. The van der Waals surface area contributed by atoms with Crippen molar-refractivity contribution in [2.24, 2.45) is 5.92 Å². The van der Waals surface area contributed by atoms with Gasteiger partial charge < -0.3 is 10.4 Å². The number of nitrogens with zero attached hydrogens (tertiary/aromatic N) is 2. The van der Waals surface area contributed by atoms with Crippen LogP contribution in [0.4, 0.5) is 4.79 Å². The minimum atomic E-state index is -0.926. The maximum Gasteiger partial charge on any atom is 0.327 e. The third-order valence-electron chi connectivity index (χ3n) is 3.77. The number of carbonyl (C=O) groups is 2. The van der Waals surface area contributed by atoms with Crippen LogP contribution in [0.25, 0.3) is 0 Å². The van der Waals surface area contributed by atoms with Gasteiger partial charge in [-0.2, -0.15) is 0 Å². The van der Waals surface area contributed by atoms with Crippen molar-refractivity contribution in [3.05, 3.63) is 30.1 Å². The zero-order chi connectivity index (χ0) is 14.8. The fraction of sp³-hybridized carbons (Fsp3) is 0.500. The first-order valence-electron chi connectivity index (χ1n) is 6.96. The molecule has 1 saturated carbocycles. The maximum absolute atomic E-state index is 12.4. The van der Waals surface area contributed by atoms with Gasteiger partial charge in [0.2, 0.25) is 0 Å². The lowest BCUT2D eigenvalue weighted by Crippen LogP contribution is -2.50. The summed E-state index contributed by atoms with van der Waals surface area (Å²) in [4.78, 5) is 29.2. The summed E-state index contributed by atoms with van der Waals surface area (Å²) in [6.07, 6.45) is 5.50. The Morgan fingerprint density at radius 3 is 2.71 bits per heavy atom. The number of carboxylic acid groups (broad SMARTS) is 1. The number of pyridine rings is 1. The van der Waals surface area contributed by atoms with Gasteiger partial charge in [0, 0.05) is 24.7 Å². The molecular weight excluding hydrogens is 290 g/mol. The van der Waals surface area contributed by atoms with Crippen LogP contribution >= 0.6 is 11.8 Å². The van der Waals surface area contributed by atoms with Crippen LogP contribution in [0.15, 0.2) is 24.5 Å². The largest absolute Gasteiger partial charge is 0.480 e. The second-order valence-electron chi connectivity index (χ2n) is 5.34. The Labute approximate surface area is 126 Å². The number of hydrogen-bond donors (Lipinski definition) is 2. The van der Waals surface area contributed by atoms with E-state index in [-0.39, 0.29) is 11.4 Å². The molecule has 0 aromatic carbocycles. The average molecular weight is 307 g/mol. The van der Waals surface area contributed by atoms with Crippen molar-refractivity contribution in [1.82, 2.24) is 15.2 Å². The van der Waals surface area contributed by atoms with Gasteiger partial charge in [-0.1, -0.05) is 0 Å². The first kappa shape index (κ1) is 14.2. The Bertz CT molecular complexity index is 536. The number of nitrogens with one attached hydrogen (secondary N) is 1. The van der Waals surface area contributed by atoms with Crippen LogP contribution in [0.5, 0.6) is 0 Å². The molecule has 3 rings (SSSR count). The predicted molar refractivity (Wildman–Crippen MR) is 78.7 cm³/mol. The van der Waals surface area contributed by atoms with E-state index in [0.717, 1.165) is 18.4 Å². The molecule has 21 heavy (non-hydrogen) atoms. The van der Waals surface area contributed by atoms with Crippen LogP contribution in [-0.4, -0.2) is 44.2 Å². The highest BCUT2D eigenvalue weighted by atomic mass is 32.2.